The van der Waals surface area contributed by atoms with Crippen molar-refractivity contribution in [2.24, 2.45) is 4.99 Å². The van der Waals surface area contributed by atoms with Crippen molar-refractivity contribution in [1.82, 2.24) is 10.6 Å². The Morgan fingerprint density at radius 3 is 2.35 bits per heavy atom. The van der Waals surface area contributed by atoms with Crippen LogP contribution in [-0.4, -0.2) is 36.8 Å². The molecule has 2 unspecified atom stereocenters. The van der Waals surface area contributed by atoms with Crippen molar-refractivity contribution in [2.45, 2.75) is 116 Å². The van der Waals surface area contributed by atoms with Gasteiger partial charge < -0.3 is 10.6 Å². The van der Waals surface area contributed by atoms with Gasteiger partial charge in [0.25, 0.3) is 0 Å². The molecule has 0 bridgehead atoms. The molecule has 2 rings (SSSR count). The van der Waals surface area contributed by atoms with Crippen molar-refractivity contribution >= 4 is 11.6 Å². The fraction of sp³-hybridized carbons (Fsp3) is 0.909. The van der Waals surface area contributed by atoms with Crippen molar-refractivity contribution in [3.8, 4) is 0 Å². The van der Waals surface area contributed by atoms with E-state index in [2.05, 4.69) is 29.5 Å². The minimum absolute atomic E-state index is 0.0993. The predicted octanol–water partition coefficient (Wildman–Crippen LogP) is 5.02. The Labute approximate surface area is 162 Å². The highest BCUT2D eigenvalue weighted by Gasteiger charge is 2.13. The monoisotopic (exact) mass is 365 g/mol. The van der Waals surface area contributed by atoms with Crippen LogP contribution in [-0.2, 0) is 4.79 Å². The molecule has 1 amide bonds. The van der Waals surface area contributed by atoms with Crippen LogP contribution in [0.3, 0.4) is 0 Å². The van der Waals surface area contributed by atoms with Crippen LogP contribution >= 0.6 is 0 Å². The van der Waals surface area contributed by atoms with Crippen LogP contribution in [0.2, 0.25) is 0 Å². The summed E-state index contributed by atoms with van der Waals surface area (Å²) in [5.74, 6) is 0.0993. The molecule has 2 aliphatic rings. The summed E-state index contributed by atoms with van der Waals surface area (Å²) in [4.78, 5) is 15.3. The van der Waals surface area contributed by atoms with Gasteiger partial charge in [-0.05, 0) is 39.2 Å². The number of carbonyl (C=O) groups is 1. The lowest BCUT2D eigenvalue weighted by atomic mass is 10.0. The van der Waals surface area contributed by atoms with E-state index in [-0.39, 0.29) is 5.91 Å². The average molecular weight is 366 g/mol. The van der Waals surface area contributed by atoms with Crippen molar-refractivity contribution in [2.75, 3.05) is 13.1 Å². The molecule has 1 fully saturated rings. The van der Waals surface area contributed by atoms with Crippen molar-refractivity contribution in [3.05, 3.63) is 0 Å². The Bertz CT molecular complexity index is 389. The van der Waals surface area contributed by atoms with E-state index >= 15 is 0 Å². The number of hydrogen-bond donors (Lipinski definition) is 2. The van der Waals surface area contributed by atoms with Gasteiger partial charge in [0.1, 0.15) is 0 Å². The smallest absolute Gasteiger partial charge is 0.225 e. The molecule has 1 saturated heterocycles. The second-order valence-corrected chi connectivity index (χ2v) is 7.96. The zero-order valence-corrected chi connectivity index (χ0v) is 17.6. The summed E-state index contributed by atoms with van der Waals surface area (Å²) in [5, 5.41) is 6.40. The Kier molecular flexibility index (Phi) is 13.5. The molecule has 0 saturated carbocycles. The highest BCUT2D eigenvalue weighted by atomic mass is 16.1. The van der Waals surface area contributed by atoms with Crippen LogP contribution < -0.4 is 10.6 Å². The van der Waals surface area contributed by atoms with Gasteiger partial charge in [-0.2, -0.15) is 0 Å². The minimum Gasteiger partial charge on any atom is -0.354 e. The Morgan fingerprint density at radius 2 is 1.73 bits per heavy atom. The molecule has 4 nitrogen and oxygen atoms in total. The number of nitrogens with zero attached hydrogens (tertiary/aromatic N) is 1. The highest BCUT2D eigenvalue weighted by molar-refractivity contribution is 6.00. The van der Waals surface area contributed by atoms with Gasteiger partial charge in [-0.3, -0.25) is 9.79 Å². The molecule has 2 heterocycles. The largest absolute Gasteiger partial charge is 0.354 e. The van der Waals surface area contributed by atoms with Gasteiger partial charge in [-0.1, -0.05) is 65.2 Å². The maximum atomic E-state index is 11.0. The first-order valence-electron chi connectivity index (χ1n) is 11.2. The standard InChI is InChI=1S/C14H29N.C8H14N2O/c1-2-3-4-5-6-7-8-9-11-14-12-10-13-15-14;1-3-7-5-9-8(11)4-6(2)10-7/h14-15H,2-13H2,1H3;7H,3-5H2,1-2H3,(H,9,11). The molecule has 0 aliphatic carbocycles. The minimum atomic E-state index is 0.0993. The number of rotatable bonds is 10. The predicted molar refractivity (Wildman–Crippen MR) is 113 cm³/mol. The van der Waals surface area contributed by atoms with E-state index < -0.39 is 0 Å². The summed E-state index contributed by atoms with van der Waals surface area (Å²) < 4.78 is 0. The van der Waals surface area contributed by atoms with Crippen LogP contribution in [0, 0.1) is 0 Å². The summed E-state index contributed by atoms with van der Waals surface area (Å²) in [5.41, 5.74) is 0.951. The van der Waals surface area contributed by atoms with Gasteiger partial charge in [0.15, 0.2) is 0 Å². The van der Waals surface area contributed by atoms with Crippen LogP contribution in [0.25, 0.3) is 0 Å². The molecular formula is C22H43N3O. The molecule has 0 aromatic rings. The van der Waals surface area contributed by atoms with Gasteiger partial charge in [0, 0.05) is 18.3 Å². The quantitative estimate of drug-likeness (QED) is 0.534. The Balaban J connectivity index is 0.000000273. The number of nitrogens with one attached hydrogen (secondary N) is 2. The van der Waals surface area contributed by atoms with Crippen LogP contribution in [0.1, 0.15) is 104 Å². The third kappa shape index (κ3) is 11.7. The molecule has 26 heavy (non-hydrogen) atoms. The second kappa shape index (κ2) is 15.2. The summed E-state index contributed by atoms with van der Waals surface area (Å²) in [7, 11) is 0. The molecule has 4 heteroatoms. The highest BCUT2D eigenvalue weighted by Crippen LogP contribution is 2.14. The van der Waals surface area contributed by atoms with E-state index in [0.717, 1.165) is 18.2 Å². The van der Waals surface area contributed by atoms with Crippen LogP contribution in [0.15, 0.2) is 4.99 Å². The maximum Gasteiger partial charge on any atom is 0.225 e. The van der Waals surface area contributed by atoms with E-state index in [1.54, 1.807) is 0 Å². The van der Waals surface area contributed by atoms with E-state index in [0.29, 0.717) is 19.0 Å². The van der Waals surface area contributed by atoms with E-state index in [9.17, 15) is 4.79 Å². The topological polar surface area (TPSA) is 53.5 Å². The first kappa shape index (κ1) is 23.1. The molecule has 0 radical (unpaired) electrons. The molecule has 0 spiro atoms. The fourth-order valence-corrected chi connectivity index (χ4v) is 3.69. The first-order chi connectivity index (χ1) is 12.7. The third-order valence-electron chi connectivity index (χ3n) is 5.39. The average Bonchev–Trinajstić information content (AvgIpc) is 3.08. The van der Waals surface area contributed by atoms with E-state index in [1.807, 2.05) is 6.92 Å². The lowest BCUT2D eigenvalue weighted by molar-refractivity contribution is -0.119. The Hall–Kier alpha value is -0.900. The van der Waals surface area contributed by atoms with Crippen molar-refractivity contribution in [1.29, 1.82) is 0 Å². The van der Waals surface area contributed by atoms with Gasteiger partial charge in [-0.25, -0.2) is 0 Å². The molecular weight excluding hydrogens is 322 g/mol. The lowest BCUT2D eigenvalue weighted by Gasteiger charge is -2.09. The number of unbranched alkanes of at least 4 members (excludes halogenated alkanes) is 7. The SMILES string of the molecule is CCC1CNC(=O)CC(C)=N1.CCCCCCCCCCC1CCCN1. The summed E-state index contributed by atoms with van der Waals surface area (Å²) in [6.07, 6.45) is 17.3. The van der Waals surface area contributed by atoms with E-state index in [4.69, 9.17) is 0 Å². The Morgan fingerprint density at radius 1 is 1.04 bits per heavy atom. The summed E-state index contributed by atoms with van der Waals surface area (Å²) in [6, 6.07) is 1.16. The lowest BCUT2D eigenvalue weighted by Crippen LogP contribution is -2.28. The molecule has 2 N–H and O–H groups in total. The van der Waals surface area contributed by atoms with Crippen LogP contribution in [0.4, 0.5) is 0 Å². The number of hydrogen-bond acceptors (Lipinski definition) is 3. The van der Waals surface area contributed by atoms with Gasteiger partial charge >= 0.3 is 0 Å². The van der Waals surface area contributed by atoms with Crippen molar-refractivity contribution in [3.63, 3.8) is 0 Å². The van der Waals surface area contributed by atoms with Gasteiger partial charge in [0.05, 0.1) is 12.5 Å². The second-order valence-electron chi connectivity index (χ2n) is 7.96. The third-order valence-corrected chi connectivity index (χ3v) is 5.39. The molecule has 152 valence electrons. The van der Waals surface area contributed by atoms with E-state index in [1.165, 1.54) is 77.2 Å². The van der Waals surface area contributed by atoms with Gasteiger partial charge in [-0.15, -0.1) is 0 Å². The molecule has 0 aromatic carbocycles. The zero-order chi connectivity index (χ0) is 19.0. The summed E-state index contributed by atoms with van der Waals surface area (Å²) in [6.45, 7) is 8.25. The number of amides is 1. The molecule has 2 atom stereocenters. The molecule has 0 aromatic heterocycles. The number of carbonyl (C=O) groups excluding carboxylic acids is 1. The fourth-order valence-electron chi connectivity index (χ4n) is 3.69. The zero-order valence-electron chi connectivity index (χ0n) is 17.6. The maximum absolute atomic E-state index is 11.0. The molecule has 2 aliphatic heterocycles. The van der Waals surface area contributed by atoms with Gasteiger partial charge in [0.2, 0.25) is 5.91 Å². The number of aliphatic imine (C=N–C) groups is 1. The first-order valence-corrected chi connectivity index (χ1v) is 11.2. The normalized spacial score (nSPS) is 22.9. The summed E-state index contributed by atoms with van der Waals surface area (Å²) >= 11 is 0. The van der Waals surface area contributed by atoms with Crippen LogP contribution in [0.5, 0.6) is 0 Å². The van der Waals surface area contributed by atoms with Crippen molar-refractivity contribution < 1.29 is 4.79 Å².